The van der Waals surface area contributed by atoms with Gasteiger partial charge in [0.15, 0.2) is 0 Å². The van der Waals surface area contributed by atoms with Crippen molar-refractivity contribution in [2.24, 2.45) is 5.92 Å². The Balaban J connectivity index is 1.40. The average molecular weight is 406 g/mol. The van der Waals surface area contributed by atoms with Crippen LogP contribution in [0.4, 0.5) is 4.39 Å². The van der Waals surface area contributed by atoms with E-state index in [-0.39, 0.29) is 18.1 Å². The van der Waals surface area contributed by atoms with Gasteiger partial charge in [-0.25, -0.2) is 9.37 Å². The maximum absolute atomic E-state index is 13.4. The molecule has 1 aromatic heterocycles. The van der Waals surface area contributed by atoms with Gasteiger partial charge in [-0.1, -0.05) is 42.5 Å². The zero-order valence-electron chi connectivity index (χ0n) is 17.4. The second-order valence-corrected chi connectivity index (χ2v) is 8.25. The lowest BCUT2D eigenvalue weighted by Crippen LogP contribution is -2.41. The number of aromatic nitrogens is 2. The van der Waals surface area contributed by atoms with Crippen LogP contribution in [0.15, 0.2) is 60.8 Å². The summed E-state index contributed by atoms with van der Waals surface area (Å²) in [5, 5.41) is 0. The van der Waals surface area contributed by atoms with Gasteiger partial charge < -0.3 is 9.47 Å². The van der Waals surface area contributed by atoms with E-state index in [2.05, 4.69) is 40.7 Å². The quantitative estimate of drug-likeness (QED) is 0.610. The summed E-state index contributed by atoms with van der Waals surface area (Å²) < 4.78 is 15.7. The van der Waals surface area contributed by atoms with Crippen LogP contribution >= 0.6 is 0 Å². The van der Waals surface area contributed by atoms with Crippen LogP contribution in [0, 0.1) is 18.7 Å². The van der Waals surface area contributed by atoms with E-state index in [1.165, 1.54) is 17.7 Å². The lowest BCUT2D eigenvalue weighted by Gasteiger charge is -2.33. The highest BCUT2D eigenvalue weighted by Crippen LogP contribution is 2.22. The minimum Gasteiger partial charge on any atom is -0.342 e. The van der Waals surface area contributed by atoms with Crippen molar-refractivity contribution >= 4 is 5.91 Å². The van der Waals surface area contributed by atoms with Gasteiger partial charge in [0.2, 0.25) is 5.91 Å². The van der Waals surface area contributed by atoms with Gasteiger partial charge >= 0.3 is 0 Å². The highest BCUT2D eigenvalue weighted by atomic mass is 19.1. The van der Waals surface area contributed by atoms with Crippen LogP contribution in [0.1, 0.15) is 35.5 Å². The molecule has 0 N–H and O–H groups in total. The molecule has 4 nitrogen and oxygen atoms in total. The fourth-order valence-electron chi connectivity index (χ4n) is 4.31. The first kappa shape index (κ1) is 20.3. The van der Waals surface area contributed by atoms with Crippen molar-refractivity contribution < 1.29 is 9.18 Å². The minimum atomic E-state index is -0.294. The van der Waals surface area contributed by atoms with E-state index in [1.807, 2.05) is 23.2 Å². The van der Waals surface area contributed by atoms with Gasteiger partial charge in [-0.05, 0) is 48.9 Å². The molecule has 5 heteroatoms. The number of hydrogen-bond donors (Lipinski definition) is 0. The van der Waals surface area contributed by atoms with Crippen molar-refractivity contribution in [2.45, 2.75) is 39.2 Å². The maximum Gasteiger partial charge on any atom is 0.227 e. The normalized spacial score (nSPS) is 16.6. The highest BCUT2D eigenvalue weighted by Gasteiger charge is 2.25. The molecule has 0 aliphatic carbocycles. The molecule has 0 spiro atoms. The molecule has 0 radical (unpaired) electrons. The molecular formula is C25H28FN3O. The molecule has 2 aromatic carbocycles. The molecule has 1 amide bonds. The van der Waals surface area contributed by atoms with Gasteiger partial charge in [-0.15, -0.1) is 0 Å². The van der Waals surface area contributed by atoms with Crippen LogP contribution in [0.25, 0.3) is 0 Å². The zero-order valence-corrected chi connectivity index (χ0v) is 17.4. The van der Waals surface area contributed by atoms with E-state index in [4.69, 9.17) is 0 Å². The van der Waals surface area contributed by atoms with Crippen molar-refractivity contribution in [1.82, 2.24) is 14.5 Å². The molecule has 1 saturated heterocycles. The number of likely N-dealkylation sites (tertiary alicyclic amines) is 1. The van der Waals surface area contributed by atoms with Gasteiger partial charge in [0.25, 0.3) is 0 Å². The van der Waals surface area contributed by atoms with Crippen LogP contribution in [-0.2, 0) is 24.2 Å². The standard InChI is InChI=1S/C25H28FN3O/c1-19-16-27-24(29(19)18-20-7-3-2-4-8-20)14-22-10-6-12-28(17-22)25(30)15-21-9-5-11-23(26)13-21/h2-5,7-9,11,13,16,22H,6,10,12,14-15,17-18H2,1H3. The first-order chi connectivity index (χ1) is 14.6. The lowest BCUT2D eigenvalue weighted by molar-refractivity contribution is -0.132. The van der Waals surface area contributed by atoms with E-state index in [0.717, 1.165) is 56.0 Å². The fourth-order valence-corrected chi connectivity index (χ4v) is 4.31. The predicted octanol–water partition coefficient (Wildman–Crippen LogP) is 4.40. The number of nitrogens with zero attached hydrogens (tertiary/aromatic N) is 3. The third-order valence-corrected chi connectivity index (χ3v) is 5.91. The SMILES string of the molecule is Cc1cnc(CC2CCCN(C(=O)Cc3cccc(F)c3)C2)n1Cc1ccccc1. The molecule has 1 unspecified atom stereocenters. The van der Waals surface area contributed by atoms with E-state index in [0.29, 0.717) is 5.92 Å². The number of piperidine rings is 1. The number of carbonyl (C=O) groups excluding carboxylic acids is 1. The van der Waals surface area contributed by atoms with E-state index in [1.54, 1.807) is 6.07 Å². The number of halogens is 1. The largest absolute Gasteiger partial charge is 0.342 e. The van der Waals surface area contributed by atoms with Crippen LogP contribution in [0.2, 0.25) is 0 Å². The van der Waals surface area contributed by atoms with Crippen molar-refractivity contribution in [1.29, 1.82) is 0 Å². The number of imidazole rings is 1. The Labute approximate surface area is 177 Å². The third-order valence-electron chi connectivity index (χ3n) is 5.91. The first-order valence-corrected chi connectivity index (χ1v) is 10.7. The monoisotopic (exact) mass is 405 g/mol. The Morgan fingerprint density at radius 2 is 1.93 bits per heavy atom. The number of rotatable bonds is 6. The summed E-state index contributed by atoms with van der Waals surface area (Å²) in [6, 6.07) is 16.7. The second-order valence-electron chi connectivity index (χ2n) is 8.25. The Bertz CT molecular complexity index is 999. The fraction of sp³-hybridized carbons (Fsp3) is 0.360. The highest BCUT2D eigenvalue weighted by molar-refractivity contribution is 5.78. The Hall–Kier alpha value is -2.95. The number of carbonyl (C=O) groups is 1. The average Bonchev–Trinajstić information content (AvgIpc) is 3.08. The van der Waals surface area contributed by atoms with Crippen LogP contribution in [0.5, 0.6) is 0 Å². The number of aryl methyl sites for hydroxylation is 1. The number of amides is 1. The molecule has 4 rings (SSSR count). The Morgan fingerprint density at radius 1 is 1.13 bits per heavy atom. The molecular weight excluding hydrogens is 377 g/mol. The summed E-state index contributed by atoms with van der Waals surface area (Å²) in [5.41, 5.74) is 3.15. The topological polar surface area (TPSA) is 38.1 Å². The van der Waals surface area contributed by atoms with E-state index in [9.17, 15) is 9.18 Å². The Kier molecular flexibility index (Phi) is 6.26. The van der Waals surface area contributed by atoms with E-state index >= 15 is 0 Å². The zero-order chi connectivity index (χ0) is 20.9. The molecule has 2 heterocycles. The first-order valence-electron chi connectivity index (χ1n) is 10.7. The van der Waals surface area contributed by atoms with Gasteiger partial charge in [-0.2, -0.15) is 0 Å². The van der Waals surface area contributed by atoms with Crippen LogP contribution in [0.3, 0.4) is 0 Å². The van der Waals surface area contributed by atoms with Gasteiger partial charge in [-0.3, -0.25) is 4.79 Å². The van der Waals surface area contributed by atoms with Crippen molar-refractivity contribution in [2.75, 3.05) is 13.1 Å². The molecule has 1 fully saturated rings. The molecule has 0 saturated carbocycles. The summed E-state index contributed by atoms with van der Waals surface area (Å²) in [5.74, 6) is 1.26. The summed E-state index contributed by atoms with van der Waals surface area (Å²) >= 11 is 0. The molecule has 1 aliphatic rings. The number of benzene rings is 2. The molecule has 0 bridgehead atoms. The van der Waals surface area contributed by atoms with Crippen LogP contribution < -0.4 is 0 Å². The third kappa shape index (κ3) is 4.96. The van der Waals surface area contributed by atoms with Gasteiger partial charge in [0, 0.05) is 37.9 Å². The Morgan fingerprint density at radius 3 is 2.73 bits per heavy atom. The van der Waals surface area contributed by atoms with Crippen molar-refractivity contribution in [3.63, 3.8) is 0 Å². The smallest absolute Gasteiger partial charge is 0.227 e. The lowest BCUT2D eigenvalue weighted by atomic mass is 9.94. The minimum absolute atomic E-state index is 0.0779. The summed E-state index contributed by atoms with van der Waals surface area (Å²) in [4.78, 5) is 19.4. The van der Waals surface area contributed by atoms with Crippen LogP contribution in [-0.4, -0.2) is 33.4 Å². The molecule has 156 valence electrons. The molecule has 30 heavy (non-hydrogen) atoms. The predicted molar refractivity (Wildman–Crippen MR) is 116 cm³/mol. The van der Waals surface area contributed by atoms with Gasteiger partial charge in [0.05, 0.1) is 6.42 Å². The summed E-state index contributed by atoms with van der Waals surface area (Å²) in [6.45, 7) is 4.43. The van der Waals surface area contributed by atoms with E-state index < -0.39 is 0 Å². The number of hydrogen-bond acceptors (Lipinski definition) is 2. The second kappa shape index (κ2) is 9.24. The maximum atomic E-state index is 13.4. The van der Waals surface area contributed by atoms with Gasteiger partial charge in [0.1, 0.15) is 11.6 Å². The van der Waals surface area contributed by atoms with Crippen molar-refractivity contribution in [3.05, 3.63) is 89.3 Å². The molecule has 1 aliphatic heterocycles. The summed E-state index contributed by atoms with van der Waals surface area (Å²) in [6.07, 6.45) is 5.16. The van der Waals surface area contributed by atoms with Crippen molar-refractivity contribution in [3.8, 4) is 0 Å². The summed E-state index contributed by atoms with van der Waals surface area (Å²) in [7, 11) is 0. The molecule has 3 aromatic rings. The molecule has 1 atom stereocenters.